The molecule has 1 N–H and O–H groups in total. The highest BCUT2D eigenvalue weighted by atomic mass is 16.6. The lowest BCUT2D eigenvalue weighted by Gasteiger charge is -2.25. The van der Waals surface area contributed by atoms with Crippen LogP contribution in [0.1, 0.15) is 61.3 Å². The lowest BCUT2D eigenvalue weighted by molar-refractivity contribution is -0.385. The van der Waals surface area contributed by atoms with Gasteiger partial charge in [-0.15, -0.1) is 0 Å². The monoisotopic (exact) mass is 460 g/mol. The molecule has 0 aliphatic heterocycles. The predicted molar refractivity (Wildman–Crippen MR) is 121 cm³/mol. The number of carboxylic acids is 1. The topological polar surface area (TPSA) is 150 Å². The minimum atomic E-state index is -1.09. The van der Waals surface area contributed by atoms with Gasteiger partial charge < -0.3 is 9.84 Å². The molecule has 10 heteroatoms. The van der Waals surface area contributed by atoms with E-state index in [0.29, 0.717) is 18.1 Å². The summed E-state index contributed by atoms with van der Waals surface area (Å²) in [6, 6.07) is 10.2. The predicted octanol–water partition coefficient (Wildman–Crippen LogP) is 5.51. The number of esters is 1. The molecule has 2 aromatic carbocycles. The van der Waals surface area contributed by atoms with Crippen LogP contribution >= 0.6 is 0 Å². The van der Waals surface area contributed by atoms with E-state index in [-0.39, 0.29) is 22.4 Å². The summed E-state index contributed by atoms with van der Waals surface area (Å²) in [5.74, 6) is -0.915. The van der Waals surface area contributed by atoms with Crippen molar-refractivity contribution in [3.05, 3.63) is 79.9 Å². The zero-order chi connectivity index (χ0) is 25.2. The number of hydrogen-bond donors (Lipinski definition) is 1. The lowest BCUT2D eigenvalue weighted by atomic mass is 9.86. The minimum absolute atomic E-state index is 0.0381. The Balaban J connectivity index is 0.000000383. The van der Waals surface area contributed by atoms with Gasteiger partial charge in [-0.05, 0) is 42.0 Å². The first-order valence-electron chi connectivity index (χ1n) is 10.2. The molecule has 0 atom stereocenters. The first-order valence-corrected chi connectivity index (χ1v) is 10.2. The van der Waals surface area contributed by atoms with Gasteiger partial charge in [0, 0.05) is 24.3 Å². The van der Waals surface area contributed by atoms with Crippen molar-refractivity contribution in [1.29, 1.82) is 0 Å². The summed E-state index contributed by atoms with van der Waals surface area (Å²) in [6.45, 7) is 8.81. The van der Waals surface area contributed by atoms with E-state index >= 15 is 0 Å². The first kappa shape index (κ1) is 27.2. The Kier molecular flexibility index (Phi) is 10.1. The number of aromatic carboxylic acids is 1. The van der Waals surface area contributed by atoms with Crippen LogP contribution in [0.5, 0.6) is 0 Å². The molecule has 10 nitrogen and oxygen atoms in total. The van der Waals surface area contributed by atoms with Crippen LogP contribution in [0.2, 0.25) is 0 Å². The summed E-state index contributed by atoms with van der Waals surface area (Å²) in [6.07, 6.45) is 2.07. The minimum Gasteiger partial charge on any atom is -0.478 e. The van der Waals surface area contributed by atoms with Gasteiger partial charge in [-0.3, -0.25) is 20.2 Å². The number of rotatable bonds is 9. The van der Waals surface area contributed by atoms with E-state index in [1.807, 2.05) is 0 Å². The molecule has 0 amide bonds. The number of carbonyl (C=O) groups excluding carboxylic acids is 1. The molecule has 0 saturated heterocycles. The van der Waals surface area contributed by atoms with Crippen molar-refractivity contribution in [2.24, 2.45) is 11.3 Å². The second-order valence-electron chi connectivity index (χ2n) is 8.59. The Bertz CT molecular complexity index is 934. The maximum absolute atomic E-state index is 11.9. The van der Waals surface area contributed by atoms with Crippen molar-refractivity contribution in [1.82, 2.24) is 0 Å². The van der Waals surface area contributed by atoms with Gasteiger partial charge in [-0.25, -0.2) is 9.59 Å². The zero-order valence-corrected chi connectivity index (χ0v) is 19.0. The Morgan fingerprint density at radius 3 is 1.70 bits per heavy atom. The summed E-state index contributed by atoms with van der Waals surface area (Å²) in [7, 11) is 0. The largest absolute Gasteiger partial charge is 0.478 e. The van der Waals surface area contributed by atoms with E-state index < -0.39 is 21.8 Å². The third-order valence-corrected chi connectivity index (χ3v) is 4.63. The number of carbonyl (C=O) groups is 2. The van der Waals surface area contributed by atoms with Crippen molar-refractivity contribution in [2.45, 2.75) is 40.5 Å². The smallest absolute Gasteiger partial charge is 0.338 e. The van der Waals surface area contributed by atoms with Crippen LogP contribution in [0.25, 0.3) is 0 Å². The molecule has 0 heterocycles. The van der Waals surface area contributed by atoms with Crippen LogP contribution in [0.15, 0.2) is 48.5 Å². The van der Waals surface area contributed by atoms with Crippen molar-refractivity contribution in [3.63, 3.8) is 0 Å². The number of ether oxygens (including phenoxy) is 1. The molecule has 0 aromatic heterocycles. The van der Waals surface area contributed by atoms with Crippen LogP contribution in [0.4, 0.5) is 11.4 Å². The summed E-state index contributed by atoms with van der Waals surface area (Å²) in [4.78, 5) is 41.9. The van der Waals surface area contributed by atoms with E-state index in [1.54, 1.807) is 0 Å². The number of nitrogens with zero attached hydrogens (tertiary/aromatic N) is 2. The summed E-state index contributed by atoms with van der Waals surface area (Å²) >= 11 is 0. The fourth-order valence-electron chi connectivity index (χ4n) is 2.54. The van der Waals surface area contributed by atoms with Gasteiger partial charge in [0.05, 0.1) is 27.6 Å². The molecule has 0 saturated carbocycles. The third-order valence-electron chi connectivity index (χ3n) is 4.63. The molecular weight excluding hydrogens is 432 g/mol. The highest BCUT2D eigenvalue weighted by molar-refractivity contribution is 5.89. The van der Waals surface area contributed by atoms with Crippen molar-refractivity contribution < 1.29 is 29.3 Å². The highest BCUT2D eigenvalue weighted by Gasteiger charge is 2.21. The van der Waals surface area contributed by atoms with Crippen molar-refractivity contribution in [3.8, 4) is 0 Å². The third kappa shape index (κ3) is 9.90. The van der Waals surface area contributed by atoms with Gasteiger partial charge >= 0.3 is 11.9 Å². The zero-order valence-electron chi connectivity index (χ0n) is 19.0. The molecule has 0 bridgehead atoms. The van der Waals surface area contributed by atoms with E-state index in [0.717, 1.165) is 25.0 Å². The van der Waals surface area contributed by atoms with Gasteiger partial charge in [0.25, 0.3) is 11.4 Å². The molecule has 0 spiro atoms. The Morgan fingerprint density at radius 1 is 0.909 bits per heavy atom. The lowest BCUT2D eigenvalue weighted by Crippen LogP contribution is -2.22. The molecule has 33 heavy (non-hydrogen) atoms. The number of benzene rings is 2. The molecule has 0 radical (unpaired) electrons. The first-order chi connectivity index (χ1) is 15.3. The SMILES string of the molecule is CC(C)CCC(C)(C)COC(=O)c1ccc([N+](=O)[O-])cc1.O=C(O)c1ccc([N+](=O)[O-])cc1. The number of hydrogen-bond acceptors (Lipinski definition) is 7. The maximum Gasteiger partial charge on any atom is 0.338 e. The second kappa shape index (κ2) is 12.3. The van der Waals surface area contributed by atoms with Crippen LogP contribution in [-0.4, -0.2) is 33.5 Å². The average molecular weight is 460 g/mol. The molecular formula is C23H28N2O8. The standard InChI is InChI=1S/C16H23NO4.C7H5NO4/c1-12(2)9-10-16(3,4)11-21-15(18)13-5-7-14(8-6-13)17(19)20;9-7(10)5-1-3-6(4-2-5)8(11)12/h5-8,12H,9-11H2,1-4H3;1-4H,(H,9,10). The Hall–Kier alpha value is -3.82. The van der Waals surface area contributed by atoms with Crippen LogP contribution in [-0.2, 0) is 4.74 Å². The number of nitro benzene ring substituents is 2. The quantitative estimate of drug-likeness (QED) is 0.292. The van der Waals surface area contributed by atoms with Crippen molar-refractivity contribution in [2.75, 3.05) is 6.61 Å². The van der Waals surface area contributed by atoms with E-state index in [2.05, 4.69) is 27.7 Å². The normalized spacial score (nSPS) is 10.7. The molecule has 178 valence electrons. The number of carboxylic acid groups (broad SMARTS) is 1. The molecule has 0 fully saturated rings. The van der Waals surface area contributed by atoms with Gasteiger partial charge in [0.15, 0.2) is 0 Å². The van der Waals surface area contributed by atoms with E-state index in [4.69, 9.17) is 9.84 Å². The average Bonchev–Trinajstić information content (AvgIpc) is 2.76. The maximum atomic E-state index is 11.9. The molecule has 2 rings (SSSR count). The summed E-state index contributed by atoms with van der Waals surface area (Å²) in [5, 5.41) is 29.1. The van der Waals surface area contributed by atoms with Crippen LogP contribution < -0.4 is 0 Å². The Morgan fingerprint density at radius 2 is 1.33 bits per heavy atom. The van der Waals surface area contributed by atoms with E-state index in [1.165, 1.54) is 36.4 Å². The van der Waals surface area contributed by atoms with Crippen molar-refractivity contribution >= 4 is 23.3 Å². The number of non-ortho nitro benzene ring substituents is 2. The van der Waals surface area contributed by atoms with Crippen LogP contribution in [0.3, 0.4) is 0 Å². The van der Waals surface area contributed by atoms with Gasteiger partial charge in [0.2, 0.25) is 0 Å². The summed E-state index contributed by atoms with van der Waals surface area (Å²) in [5.41, 5.74) is 0.158. The number of nitro groups is 2. The molecule has 0 aliphatic rings. The van der Waals surface area contributed by atoms with Gasteiger partial charge in [-0.2, -0.15) is 0 Å². The fourth-order valence-corrected chi connectivity index (χ4v) is 2.54. The van der Waals surface area contributed by atoms with E-state index in [9.17, 15) is 29.8 Å². The van der Waals surface area contributed by atoms with Gasteiger partial charge in [-0.1, -0.05) is 34.1 Å². The Labute approximate surface area is 191 Å². The van der Waals surface area contributed by atoms with Gasteiger partial charge in [0.1, 0.15) is 0 Å². The molecule has 0 aliphatic carbocycles. The fraction of sp³-hybridized carbons (Fsp3) is 0.391. The highest BCUT2D eigenvalue weighted by Crippen LogP contribution is 2.25. The van der Waals surface area contributed by atoms with Crippen LogP contribution in [0, 0.1) is 31.6 Å². The summed E-state index contributed by atoms with van der Waals surface area (Å²) < 4.78 is 5.32. The second-order valence-corrected chi connectivity index (χ2v) is 8.59. The molecule has 0 unspecified atom stereocenters. The molecule has 2 aromatic rings.